The van der Waals surface area contributed by atoms with Crippen LogP contribution in [0.25, 0.3) is 0 Å². The molecule has 0 saturated carbocycles. The smallest absolute Gasteiger partial charge is 0.320 e. The van der Waals surface area contributed by atoms with Crippen molar-refractivity contribution in [3.8, 4) is 0 Å². The highest BCUT2D eigenvalue weighted by atomic mass is 28.3. The zero-order chi connectivity index (χ0) is 8.53. The SMILES string of the molecule is CNCCCC[SiH](OC)OC. The molecule has 0 radical (unpaired) electrons. The molecule has 0 heterocycles. The van der Waals surface area contributed by atoms with Gasteiger partial charge in [0.2, 0.25) is 0 Å². The second-order valence-electron chi connectivity index (χ2n) is 2.50. The fraction of sp³-hybridized carbons (Fsp3) is 1.00. The summed E-state index contributed by atoms with van der Waals surface area (Å²) in [6.07, 6.45) is 2.42. The highest BCUT2D eigenvalue weighted by Crippen LogP contribution is 2.01. The summed E-state index contributed by atoms with van der Waals surface area (Å²) in [6.45, 7) is 1.09. The summed E-state index contributed by atoms with van der Waals surface area (Å²) in [4.78, 5) is 0. The van der Waals surface area contributed by atoms with E-state index in [9.17, 15) is 0 Å². The molecule has 4 heteroatoms. The lowest BCUT2D eigenvalue weighted by molar-refractivity contribution is 0.276. The predicted molar refractivity (Wildman–Crippen MR) is 49.1 cm³/mol. The van der Waals surface area contributed by atoms with Gasteiger partial charge in [0.25, 0.3) is 0 Å². The molecule has 0 aliphatic heterocycles. The maximum absolute atomic E-state index is 5.18. The molecule has 0 fully saturated rings. The lowest BCUT2D eigenvalue weighted by Gasteiger charge is -2.09. The van der Waals surface area contributed by atoms with E-state index >= 15 is 0 Å². The quantitative estimate of drug-likeness (QED) is 0.454. The van der Waals surface area contributed by atoms with Gasteiger partial charge in [0, 0.05) is 14.2 Å². The van der Waals surface area contributed by atoms with Gasteiger partial charge in [0.1, 0.15) is 0 Å². The molecule has 0 amide bonds. The molecule has 0 aliphatic rings. The third-order valence-corrected chi connectivity index (χ3v) is 3.57. The van der Waals surface area contributed by atoms with Crippen LogP contribution in [-0.2, 0) is 8.85 Å². The molecule has 3 nitrogen and oxygen atoms in total. The maximum Gasteiger partial charge on any atom is 0.320 e. The first-order chi connectivity index (χ1) is 5.35. The highest BCUT2D eigenvalue weighted by Gasteiger charge is 2.07. The molecule has 11 heavy (non-hydrogen) atoms. The van der Waals surface area contributed by atoms with E-state index in [0.717, 1.165) is 12.6 Å². The van der Waals surface area contributed by atoms with Crippen LogP contribution in [0.2, 0.25) is 6.04 Å². The minimum absolute atomic E-state index is 1.09. The van der Waals surface area contributed by atoms with E-state index in [1.165, 1.54) is 12.8 Å². The van der Waals surface area contributed by atoms with Gasteiger partial charge in [-0.2, -0.15) is 0 Å². The maximum atomic E-state index is 5.18. The van der Waals surface area contributed by atoms with E-state index in [2.05, 4.69) is 5.32 Å². The highest BCUT2D eigenvalue weighted by molar-refractivity contribution is 6.44. The second kappa shape index (κ2) is 8.20. The molecule has 0 bridgehead atoms. The molecule has 0 aliphatic carbocycles. The standard InChI is InChI=1S/C7H19NO2Si/c1-8-6-4-5-7-11(9-2)10-3/h8,11H,4-7H2,1-3H3. The van der Waals surface area contributed by atoms with Crippen molar-refractivity contribution in [2.45, 2.75) is 18.9 Å². The lowest BCUT2D eigenvalue weighted by Crippen LogP contribution is -2.19. The normalized spacial score (nSPS) is 10.9. The summed E-state index contributed by atoms with van der Waals surface area (Å²) in [5, 5.41) is 3.11. The number of nitrogens with one attached hydrogen (secondary N) is 1. The van der Waals surface area contributed by atoms with E-state index < -0.39 is 9.28 Å². The Bertz CT molecular complexity index is 78.8. The van der Waals surface area contributed by atoms with Gasteiger partial charge >= 0.3 is 9.28 Å². The third kappa shape index (κ3) is 6.49. The van der Waals surface area contributed by atoms with Gasteiger partial charge in [0.15, 0.2) is 0 Å². The molecule has 0 aromatic rings. The molecule has 0 aromatic carbocycles. The number of hydrogen-bond acceptors (Lipinski definition) is 3. The number of rotatable bonds is 7. The van der Waals surface area contributed by atoms with Gasteiger partial charge in [0.05, 0.1) is 0 Å². The van der Waals surface area contributed by atoms with Crippen LogP contribution in [0.3, 0.4) is 0 Å². The van der Waals surface area contributed by atoms with Gasteiger partial charge in [-0.25, -0.2) is 0 Å². The van der Waals surface area contributed by atoms with Gasteiger partial charge < -0.3 is 14.2 Å². The van der Waals surface area contributed by atoms with Gasteiger partial charge in [-0.15, -0.1) is 0 Å². The van der Waals surface area contributed by atoms with E-state index in [-0.39, 0.29) is 0 Å². The first kappa shape index (κ1) is 11.1. The zero-order valence-corrected chi connectivity index (χ0v) is 8.88. The third-order valence-electron chi connectivity index (χ3n) is 1.64. The Morgan fingerprint density at radius 1 is 1.18 bits per heavy atom. The van der Waals surface area contributed by atoms with Crippen molar-refractivity contribution in [1.29, 1.82) is 0 Å². The Kier molecular flexibility index (Phi) is 8.27. The number of unbranched alkanes of at least 4 members (excludes halogenated alkanes) is 1. The minimum Gasteiger partial charge on any atom is -0.400 e. The average molecular weight is 177 g/mol. The van der Waals surface area contributed by atoms with Crippen LogP contribution in [0.15, 0.2) is 0 Å². The Hall–Kier alpha value is 0.0969. The molecule has 0 spiro atoms. The molecule has 0 aromatic heterocycles. The first-order valence-electron chi connectivity index (χ1n) is 4.05. The Morgan fingerprint density at radius 3 is 2.27 bits per heavy atom. The second-order valence-corrected chi connectivity index (χ2v) is 4.88. The molecule has 0 saturated heterocycles. The molecule has 68 valence electrons. The van der Waals surface area contributed by atoms with Gasteiger partial charge in [-0.05, 0) is 26.1 Å². The van der Waals surface area contributed by atoms with Crippen LogP contribution in [0.5, 0.6) is 0 Å². The van der Waals surface area contributed by atoms with Crippen LogP contribution < -0.4 is 5.32 Å². The van der Waals surface area contributed by atoms with Gasteiger partial charge in [-0.1, -0.05) is 6.42 Å². The fourth-order valence-electron chi connectivity index (χ4n) is 0.945. The summed E-state index contributed by atoms with van der Waals surface area (Å²) in [5.74, 6) is 0. The Balaban J connectivity index is 3.07. The first-order valence-corrected chi connectivity index (χ1v) is 5.81. The van der Waals surface area contributed by atoms with Crippen molar-refractivity contribution in [3.05, 3.63) is 0 Å². The van der Waals surface area contributed by atoms with E-state index in [1.54, 1.807) is 14.2 Å². The topological polar surface area (TPSA) is 30.5 Å². The molecular formula is C7H19NO2Si. The monoisotopic (exact) mass is 177 g/mol. The summed E-state index contributed by atoms with van der Waals surface area (Å²) >= 11 is 0. The van der Waals surface area contributed by atoms with E-state index in [4.69, 9.17) is 8.85 Å². The summed E-state index contributed by atoms with van der Waals surface area (Å²) in [6, 6.07) is 1.12. The summed E-state index contributed by atoms with van der Waals surface area (Å²) < 4.78 is 10.4. The van der Waals surface area contributed by atoms with Crippen LogP contribution in [0.1, 0.15) is 12.8 Å². The predicted octanol–water partition coefficient (Wildman–Crippen LogP) is 0.499. The van der Waals surface area contributed by atoms with Crippen LogP contribution in [0, 0.1) is 0 Å². The Labute approximate surface area is 70.9 Å². The van der Waals surface area contributed by atoms with Crippen molar-refractivity contribution in [3.63, 3.8) is 0 Å². The largest absolute Gasteiger partial charge is 0.400 e. The van der Waals surface area contributed by atoms with E-state index in [1.807, 2.05) is 7.05 Å². The minimum atomic E-state index is -1.26. The lowest BCUT2D eigenvalue weighted by atomic mass is 10.3. The van der Waals surface area contributed by atoms with Crippen molar-refractivity contribution < 1.29 is 8.85 Å². The van der Waals surface area contributed by atoms with Crippen molar-refractivity contribution in [1.82, 2.24) is 5.32 Å². The van der Waals surface area contributed by atoms with E-state index in [0.29, 0.717) is 0 Å². The number of hydrogen-bond donors (Lipinski definition) is 1. The molecule has 0 atom stereocenters. The molecule has 0 rings (SSSR count). The van der Waals surface area contributed by atoms with Crippen molar-refractivity contribution >= 4 is 9.28 Å². The van der Waals surface area contributed by atoms with Crippen LogP contribution >= 0.6 is 0 Å². The summed E-state index contributed by atoms with van der Waals surface area (Å²) in [7, 11) is 4.18. The zero-order valence-electron chi connectivity index (χ0n) is 7.72. The Morgan fingerprint density at radius 2 is 1.82 bits per heavy atom. The molecule has 1 N–H and O–H groups in total. The van der Waals surface area contributed by atoms with Crippen molar-refractivity contribution in [2.75, 3.05) is 27.8 Å². The summed E-state index contributed by atoms with van der Waals surface area (Å²) in [5.41, 5.74) is 0. The van der Waals surface area contributed by atoms with Crippen LogP contribution in [-0.4, -0.2) is 37.1 Å². The molecule has 0 unspecified atom stereocenters. The van der Waals surface area contributed by atoms with Crippen LogP contribution in [0.4, 0.5) is 0 Å². The fourth-order valence-corrected chi connectivity index (χ4v) is 2.23. The van der Waals surface area contributed by atoms with Gasteiger partial charge in [-0.3, -0.25) is 0 Å². The average Bonchev–Trinajstić information content (AvgIpc) is 2.05. The molecular weight excluding hydrogens is 158 g/mol. The van der Waals surface area contributed by atoms with Crippen molar-refractivity contribution in [2.24, 2.45) is 0 Å².